The van der Waals surface area contributed by atoms with Crippen LogP contribution >= 0.6 is 0 Å². The van der Waals surface area contributed by atoms with Crippen molar-refractivity contribution in [1.29, 1.82) is 0 Å². The molecule has 7 N–H and O–H groups in total. The smallest absolute Gasteiger partial charge is 0.253 e. The van der Waals surface area contributed by atoms with E-state index in [2.05, 4.69) is 16.0 Å². The molecule has 1 heterocycles. The number of nitrogens with zero attached hydrogens (tertiary/aromatic N) is 1. The SMILES string of the molecule is NC(=O)CNC(=O)CNC(=O)C(CCC(O)O)NC(=O)CCN1C(=O)C=CC1=O. The number of rotatable bonds is 12. The summed E-state index contributed by atoms with van der Waals surface area (Å²) in [5.74, 6) is -4.00. The fourth-order valence-corrected chi connectivity index (χ4v) is 2.25. The summed E-state index contributed by atoms with van der Waals surface area (Å²) >= 11 is 0. The Bertz CT molecular complexity index is 687. The number of nitrogens with one attached hydrogen (secondary N) is 3. The van der Waals surface area contributed by atoms with E-state index in [4.69, 9.17) is 15.9 Å². The van der Waals surface area contributed by atoms with Crippen molar-refractivity contribution in [1.82, 2.24) is 20.9 Å². The van der Waals surface area contributed by atoms with Gasteiger partial charge in [0.05, 0.1) is 13.1 Å². The van der Waals surface area contributed by atoms with Crippen LogP contribution in [0.1, 0.15) is 19.3 Å². The first-order chi connectivity index (χ1) is 13.6. The number of carbonyl (C=O) groups is 6. The lowest BCUT2D eigenvalue weighted by atomic mass is 10.1. The van der Waals surface area contributed by atoms with E-state index in [9.17, 15) is 28.8 Å². The van der Waals surface area contributed by atoms with E-state index in [1.165, 1.54) is 0 Å². The Labute approximate surface area is 165 Å². The fraction of sp³-hybridized carbons (Fsp3) is 0.500. The largest absolute Gasteiger partial charge is 0.368 e. The topological polar surface area (TPSA) is 208 Å². The van der Waals surface area contributed by atoms with Crippen molar-refractivity contribution >= 4 is 35.4 Å². The highest BCUT2D eigenvalue weighted by atomic mass is 16.5. The molecule has 13 heteroatoms. The number of carbonyl (C=O) groups excluding carboxylic acids is 6. The highest BCUT2D eigenvalue weighted by Crippen LogP contribution is 2.05. The first kappa shape index (κ1) is 23.7. The predicted octanol–water partition coefficient (Wildman–Crippen LogP) is -4.41. The number of hydrogen-bond donors (Lipinski definition) is 6. The molecule has 13 nitrogen and oxygen atoms in total. The monoisotopic (exact) mass is 413 g/mol. The van der Waals surface area contributed by atoms with Crippen molar-refractivity contribution in [3.8, 4) is 0 Å². The molecule has 0 aromatic heterocycles. The molecule has 6 amide bonds. The van der Waals surface area contributed by atoms with Gasteiger partial charge in [0.1, 0.15) is 6.04 Å². The van der Waals surface area contributed by atoms with E-state index < -0.39 is 60.9 Å². The van der Waals surface area contributed by atoms with Crippen molar-refractivity contribution in [3.05, 3.63) is 12.2 Å². The minimum Gasteiger partial charge on any atom is -0.368 e. The van der Waals surface area contributed by atoms with Crippen LogP contribution in [0.3, 0.4) is 0 Å². The first-order valence-electron chi connectivity index (χ1n) is 8.62. The lowest BCUT2D eigenvalue weighted by Gasteiger charge is -2.20. The molecule has 0 bridgehead atoms. The first-order valence-corrected chi connectivity index (χ1v) is 8.62. The summed E-state index contributed by atoms with van der Waals surface area (Å²) in [5.41, 5.74) is 4.87. The molecular formula is C16H23N5O8. The summed E-state index contributed by atoms with van der Waals surface area (Å²) in [6, 6.07) is -1.20. The van der Waals surface area contributed by atoms with Crippen LogP contribution in [-0.2, 0) is 28.8 Å². The number of aliphatic hydroxyl groups is 2. The zero-order chi connectivity index (χ0) is 22.0. The summed E-state index contributed by atoms with van der Waals surface area (Å²) in [5, 5.41) is 24.7. The average Bonchev–Trinajstić information content (AvgIpc) is 2.97. The minimum absolute atomic E-state index is 0.152. The molecule has 1 aliphatic rings. The lowest BCUT2D eigenvalue weighted by molar-refractivity contribution is -0.137. The third-order valence-corrected chi connectivity index (χ3v) is 3.71. The molecule has 0 aliphatic carbocycles. The average molecular weight is 413 g/mol. The molecule has 0 aromatic rings. The normalized spacial score (nSPS) is 14.1. The second-order valence-electron chi connectivity index (χ2n) is 6.05. The molecule has 0 aromatic carbocycles. The maximum Gasteiger partial charge on any atom is 0.253 e. The Balaban J connectivity index is 2.54. The van der Waals surface area contributed by atoms with Crippen molar-refractivity contribution in [2.75, 3.05) is 19.6 Å². The van der Waals surface area contributed by atoms with Crippen molar-refractivity contribution in [2.45, 2.75) is 31.6 Å². The molecule has 0 spiro atoms. The Morgan fingerprint density at radius 2 is 1.59 bits per heavy atom. The summed E-state index contributed by atoms with van der Waals surface area (Å²) in [6.07, 6.45) is -0.235. The van der Waals surface area contributed by atoms with E-state index in [1.807, 2.05) is 0 Å². The Kier molecular flexibility index (Phi) is 9.41. The molecule has 29 heavy (non-hydrogen) atoms. The maximum atomic E-state index is 12.2. The lowest BCUT2D eigenvalue weighted by Crippen LogP contribution is -2.50. The molecular weight excluding hydrogens is 390 g/mol. The second-order valence-corrected chi connectivity index (χ2v) is 6.05. The molecule has 1 unspecified atom stereocenters. The Morgan fingerprint density at radius 1 is 0.966 bits per heavy atom. The standard InChI is InChI=1S/C16H23N5O8/c17-10(22)7-18-12(24)8-19-16(29)9(1-4-15(27)28)20-11(23)5-6-21-13(25)2-3-14(21)26/h2-3,9,15,27-28H,1,4-8H2,(H2,17,22)(H,18,24)(H,19,29)(H,20,23). The van der Waals surface area contributed by atoms with Crippen LogP contribution in [0.5, 0.6) is 0 Å². The minimum atomic E-state index is -1.72. The third kappa shape index (κ3) is 8.94. The molecule has 1 atom stereocenters. The zero-order valence-electron chi connectivity index (χ0n) is 15.4. The van der Waals surface area contributed by atoms with E-state index in [1.54, 1.807) is 0 Å². The number of aliphatic hydroxyl groups excluding tert-OH is 1. The molecule has 1 aliphatic heterocycles. The van der Waals surface area contributed by atoms with E-state index in [0.717, 1.165) is 17.1 Å². The number of primary amides is 1. The van der Waals surface area contributed by atoms with Gasteiger partial charge in [-0.05, 0) is 6.42 Å². The van der Waals surface area contributed by atoms with Gasteiger partial charge in [0.2, 0.25) is 23.6 Å². The highest BCUT2D eigenvalue weighted by molar-refractivity contribution is 6.13. The number of nitrogens with two attached hydrogens (primary N) is 1. The van der Waals surface area contributed by atoms with Gasteiger partial charge in [0.25, 0.3) is 11.8 Å². The van der Waals surface area contributed by atoms with Gasteiger partial charge in [-0.25, -0.2) is 0 Å². The van der Waals surface area contributed by atoms with Gasteiger partial charge < -0.3 is 31.9 Å². The van der Waals surface area contributed by atoms with Gasteiger partial charge in [0, 0.05) is 31.5 Å². The molecule has 1 rings (SSSR count). The number of hydrogen-bond acceptors (Lipinski definition) is 8. The third-order valence-electron chi connectivity index (χ3n) is 3.71. The van der Waals surface area contributed by atoms with Gasteiger partial charge in [-0.3, -0.25) is 33.7 Å². The van der Waals surface area contributed by atoms with Crippen LogP contribution in [0.4, 0.5) is 0 Å². The number of amides is 6. The van der Waals surface area contributed by atoms with E-state index in [0.29, 0.717) is 0 Å². The van der Waals surface area contributed by atoms with Crippen molar-refractivity contribution in [3.63, 3.8) is 0 Å². The molecule has 0 fully saturated rings. The van der Waals surface area contributed by atoms with Gasteiger partial charge in [-0.2, -0.15) is 0 Å². The molecule has 0 radical (unpaired) electrons. The van der Waals surface area contributed by atoms with Gasteiger partial charge in [-0.15, -0.1) is 0 Å². The Hall–Kier alpha value is -3.32. The number of imide groups is 1. The van der Waals surface area contributed by atoms with Gasteiger partial charge in [-0.1, -0.05) is 0 Å². The van der Waals surface area contributed by atoms with Crippen LogP contribution in [0, 0.1) is 0 Å². The quantitative estimate of drug-likeness (QED) is 0.136. The summed E-state index contributed by atoms with van der Waals surface area (Å²) in [7, 11) is 0. The zero-order valence-corrected chi connectivity index (χ0v) is 15.4. The summed E-state index contributed by atoms with van der Waals surface area (Å²) in [6.45, 7) is -1.10. The van der Waals surface area contributed by atoms with Crippen LogP contribution in [0.25, 0.3) is 0 Å². The van der Waals surface area contributed by atoms with Crippen LogP contribution in [-0.4, -0.2) is 82.5 Å². The van der Waals surface area contributed by atoms with Crippen LogP contribution in [0.15, 0.2) is 12.2 Å². The van der Waals surface area contributed by atoms with E-state index in [-0.39, 0.29) is 25.8 Å². The highest BCUT2D eigenvalue weighted by Gasteiger charge is 2.26. The fourth-order valence-electron chi connectivity index (χ4n) is 2.25. The van der Waals surface area contributed by atoms with Crippen molar-refractivity contribution in [2.24, 2.45) is 5.73 Å². The maximum absolute atomic E-state index is 12.2. The van der Waals surface area contributed by atoms with Gasteiger partial charge in [0.15, 0.2) is 6.29 Å². The van der Waals surface area contributed by atoms with Crippen LogP contribution < -0.4 is 21.7 Å². The van der Waals surface area contributed by atoms with Crippen LogP contribution in [0.2, 0.25) is 0 Å². The van der Waals surface area contributed by atoms with Crippen molar-refractivity contribution < 1.29 is 39.0 Å². The van der Waals surface area contributed by atoms with E-state index >= 15 is 0 Å². The van der Waals surface area contributed by atoms with Gasteiger partial charge >= 0.3 is 0 Å². The predicted molar refractivity (Wildman–Crippen MR) is 95.1 cm³/mol. The summed E-state index contributed by atoms with van der Waals surface area (Å²) in [4.78, 5) is 70.1. The molecule has 0 saturated heterocycles. The molecule has 0 saturated carbocycles. The second kappa shape index (κ2) is 11.5. The molecule has 160 valence electrons. The Morgan fingerprint density at radius 3 is 2.14 bits per heavy atom. The summed E-state index contributed by atoms with van der Waals surface area (Å²) < 4.78 is 0.